The zero-order valence-electron chi connectivity index (χ0n) is 10.8. The second-order valence-corrected chi connectivity index (χ2v) is 4.18. The summed E-state index contributed by atoms with van der Waals surface area (Å²) < 4.78 is 1.52. The molecule has 2 radical (unpaired) electrons. The SMILES string of the molecule is [B]n1c(-c2ccccc2)nnc1C(C)/C=C\C=C/N. The number of allylic oxidation sites excluding steroid dienone is 3. The topological polar surface area (TPSA) is 56.7 Å². The van der Waals surface area contributed by atoms with Crippen molar-refractivity contribution in [2.24, 2.45) is 5.73 Å². The van der Waals surface area contributed by atoms with Crippen LogP contribution < -0.4 is 5.73 Å². The summed E-state index contributed by atoms with van der Waals surface area (Å²) in [5.41, 5.74) is 6.22. The van der Waals surface area contributed by atoms with E-state index in [9.17, 15) is 0 Å². The van der Waals surface area contributed by atoms with Gasteiger partial charge in [-0.05, 0) is 12.3 Å². The molecule has 1 unspecified atom stereocenters. The molecule has 0 saturated heterocycles. The van der Waals surface area contributed by atoms with E-state index in [0.717, 1.165) is 5.56 Å². The summed E-state index contributed by atoms with van der Waals surface area (Å²) in [6, 6.07) is 9.74. The van der Waals surface area contributed by atoms with Crippen LogP contribution in [0.5, 0.6) is 0 Å². The molecule has 0 saturated carbocycles. The number of hydrogen-bond acceptors (Lipinski definition) is 3. The molecule has 1 aromatic heterocycles. The third kappa shape index (κ3) is 2.93. The second kappa shape index (κ2) is 6.04. The highest BCUT2D eigenvalue weighted by atomic mass is 15.3. The van der Waals surface area contributed by atoms with Gasteiger partial charge in [-0.3, -0.25) is 0 Å². The lowest BCUT2D eigenvalue weighted by Crippen LogP contribution is -2.04. The fraction of sp³-hybridized carbons (Fsp3) is 0.143. The summed E-state index contributed by atoms with van der Waals surface area (Å²) >= 11 is 0. The van der Waals surface area contributed by atoms with Gasteiger partial charge in [-0.1, -0.05) is 49.4 Å². The molecular weight excluding hydrogens is 235 g/mol. The predicted molar refractivity (Wildman–Crippen MR) is 77.5 cm³/mol. The van der Waals surface area contributed by atoms with Gasteiger partial charge >= 0.3 is 0 Å². The van der Waals surface area contributed by atoms with Crippen LogP contribution in [0.1, 0.15) is 18.7 Å². The van der Waals surface area contributed by atoms with Crippen LogP contribution in [0.3, 0.4) is 0 Å². The molecule has 1 aromatic carbocycles. The Hall–Kier alpha value is -2.30. The van der Waals surface area contributed by atoms with E-state index in [0.29, 0.717) is 11.6 Å². The zero-order valence-corrected chi connectivity index (χ0v) is 10.8. The minimum absolute atomic E-state index is 0.0613. The third-order valence-electron chi connectivity index (χ3n) is 2.78. The number of rotatable bonds is 4. The molecule has 0 aliphatic rings. The van der Waals surface area contributed by atoms with Gasteiger partial charge in [0.05, 0.1) is 0 Å². The summed E-state index contributed by atoms with van der Waals surface area (Å²) in [5, 5.41) is 8.30. The first-order valence-corrected chi connectivity index (χ1v) is 6.05. The summed E-state index contributed by atoms with van der Waals surface area (Å²) in [6.07, 6.45) is 7.06. The molecule has 0 spiro atoms. The average Bonchev–Trinajstić information content (AvgIpc) is 2.82. The Bertz CT molecular complexity index is 587. The maximum Gasteiger partial charge on any atom is 0.238 e. The van der Waals surface area contributed by atoms with Crippen LogP contribution in [-0.4, -0.2) is 22.7 Å². The molecule has 2 aromatic rings. The van der Waals surface area contributed by atoms with Gasteiger partial charge in [0.2, 0.25) is 7.98 Å². The molecule has 5 heteroatoms. The third-order valence-corrected chi connectivity index (χ3v) is 2.78. The van der Waals surface area contributed by atoms with Crippen molar-refractivity contribution in [2.45, 2.75) is 12.8 Å². The first-order chi connectivity index (χ1) is 9.24. The van der Waals surface area contributed by atoms with E-state index in [1.54, 1.807) is 6.08 Å². The van der Waals surface area contributed by atoms with Crippen LogP contribution in [-0.2, 0) is 0 Å². The average molecular weight is 250 g/mol. The molecule has 2 rings (SSSR count). The fourth-order valence-corrected chi connectivity index (χ4v) is 1.78. The molecule has 94 valence electrons. The lowest BCUT2D eigenvalue weighted by molar-refractivity contribution is 0.833. The Morgan fingerprint density at radius 3 is 2.63 bits per heavy atom. The first kappa shape index (κ1) is 13.1. The summed E-state index contributed by atoms with van der Waals surface area (Å²) in [6.45, 7) is 2.00. The van der Waals surface area contributed by atoms with E-state index in [1.807, 2.05) is 49.4 Å². The quantitative estimate of drug-likeness (QED) is 0.667. The highest BCUT2D eigenvalue weighted by Gasteiger charge is 2.13. The molecule has 2 N–H and O–H groups in total. The molecule has 0 bridgehead atoms. The molecule has 1 atom stereocenters. The standard InChI is InChI=1S/C14H15BN4/c1-11(7-5-6-10-16)13-17-18-14(19(13)15)12-8-3-2-4-9-12/h2-11H,16H2,1H3/b7-5-,10-6-. The molecule has 0 amide bonds. The Kier molecular flexibility index (Phi) is 4.18. The van der Waals surface area contributed by atoms with Crippen LogP contribution in [0.25, 0.3) is 11.4 Å². The highest BCUT2D eigenvalue weighted by Crippen LogP contribution is 2.20. The summed E-state index contributed by atoms with van der Waals surface area (Å²) in [7, 11) is 6.06. The Morgan fingerprint density at radius 2 is 1.95 bits per heavy atom. The summed E-state index contributed by atoms with van der Waals surface area (Å²) in [5.74, 6) is 1.43. The largest absolute Gasteiger partial charge is 0.405 e. The Balaban J connectivity index is 2.28. The van der Waals surface area contributed by atoms with Gasteiger partial charge in [0.15, 0.2) is 5.82 Å². The van der Waals surface area contributed by atoms with Crippen molar-refractivity contribution >= 4 is 7.98 Å². The molecular formula is C14H15BN4. The molecule has 0 fully saturated rings. The maximum atomic E-state index is 6.06. The lowest BCUT2D eigenvalue weighted by Gasteiger charge is -2.07. The van der Waals surface area contributed by atoms with E-state index in [1.165, 1.54) is 10.7 Å². The molecule has 0 aliphatic carbocycles. The van der Waals surface area contributed by atoms with Gasteiger partial charge in [-0.15, -0.1) is 10.2 Å². The molecule has 19 heavy (non-hydrogen) atoms. The van der Waals surface area contributed by atoms with Crippen molar-refractivity contribution in [1.82, 2.24) is 14.7 Å². The Labute approximate surface area is 114 Å². The van der Waals surface area contributed by atoms with Crippen molar-refractivity contribution in [2.75, 3.05) is 0 Å². The van der Waals surface area contributed by atoms with Crippen molar-refractivity contribution in [1.29, 1.82) is 0 Å². The van der Waals surface area contributed by atoms with Crippen LogP contribution in [0.15, 0.2) is 54.8 Å². The van der Waals surface area contributed by atoms with Crippen molar-refractivity contribution in [3.8, 4) is 11.4 Å². The maximum absolute atomic E-state index is 6.06. The minimum atomic E-state index is 0.0613. The van der Waals surface area contributed by atoms with Gasteiger partial charge in [0.25, 0.3) is 0 Å². The summed E-state index contributed by atoms with van der Waals surface area (Å²) in [4.78, 5) is 0. The number of nitrogens with two attached hydrogens (primary N) is 1. The Morgan fingerprint density at radius 1 is 1.21 bits per heavy atom. The van der Waals surface area contributed by atoms with E-state index in [4.69, 9.17) is 13.7 Å². The molecule has 1 heterocycles. The number of nitrogens with zero attached hydrogens (tertiary/aromatic N) is 3. The van der Waals surface area contributed by atoms with E-state index < -0.39 is 0 Å². The van der Waals surface area contributed by atoms with Gasteiger partial charge < -0.3 is 10.2 Å². The van der Waals surface area contributed by atoms with Gasteiger partial charge in [-0.2, -0.15) is 0 Å². The predicted octanol–water partition coefficient (Wildman–Crippen LogP) is 2.01. The molecule has 0 aliphatic heterocycles. The number of hydrogen-bond donors (Lipinski definition) is 1. The van der Waals surface area contributed by atoms with Gasteiger partial charge in [-0.25, -0.2) is 0 Å². The van der Waals surface area contributed by atoms with Crippen LogP contribution in [0.2, 0.25) is 0 Å². The second-order valence-electron chi connectivity index (χ2n) is 4.18. The van der Waals surface area contributed by atoms with Crippen molar-refractivity contribution in [3.05, 3.63) is 60.6 Å². The normalized spacial score (nSPS) is 13.3. The highest BCUT2D eigenvalue weighted by molar-refractivity contribution is 6.08. The number of benzene rings is 1. The van der Waals surface area contributed by atoms with Crippen LogP contribution in [0.4, 0.5) is 0 Å². The fourth-order valence-electron chi connectivity index (χ4n) is 1.78. The van der Waals surface area contributed by atoms with Crippen LogP contribution in [0, 0.1) is 0 Å². The van der Waals surface area contributed by atoms with Crippen molar-refractivity contribution < 1.29 is 0 Å². The monoisotopic (exact) mass is 250 g/mol. The first-order valence-electron chi connectivity index (χ1n) is 6.05. The van der Waals surface area contributed by atoms with E-state index >= 15 is 0 Å². The van der Waals surface area contributed by atoms with Crippen molar-refractivity contribution in [3.63, 3.8) is 0 Å². The number of aromatic nitrogens is 3. The lowest BCUT2D eigenvalue weighted by atomic mass is 10.1. The van der Waals surface area contributed by atoms with E-state index in [2.05, 4.69) is 10.2 Å². The zero-order chi connectivity index (χ0) is 13.7. The van der Waals surface area contributed by atoms with E-state index in [-0.39, 0.29) is 5.92 Å². The van der Waals surface area contributed by atoms with Crippen LogP contribution >= 0.6 is 0 Å². The smallest absolute Gasteiger partial charge is 0.238 e. The van der Waals surface area contributed by atoms with Gasteiger partial charge in [0, 0.05) is 11.5 Å². The minimum Gasteiger partial charge on any atom is -0.405 e. The van der Waals surface area contributed by atoms with Gasteiger partial charge in [0.1, 0.15) is 5.82 Å². The molecule has 4 nitrogen and oxygen atoms in total.